The lowest BCUT2D eigenvalue weighted by atomic mass is 9.98. The largest absolute Gasteiger partial charge is 0.446 e. The first-order valence-electron chi connectivity index (χ1n) is 11.2. The summed E-state index contributed by atoms with van der Waals surface area (Å²) in [5.74, 6) is 0.296. The van der Waals surface area contributed by atoms with Crippen molar-refractivity contribution in [3.63, 3.8) is 0 Å². The number of hydrogen-bond acceptors (Lipinski definition) is 4. The highest BCUT2D eigenvalue weighted by Crippen LogP contribution is 2.47. The average Bonchev–Trinajstić information content (AvgIpc) is 3.39. The first kappa shape index (κ1) is 25.0. The Hall–Kier alpha value is -2.28. The minimum Gasteiger partial charge on any atom is -0.446 e. The van der Waals surface area contributed by atoms with Crippen LogP contribution in [0.5, 0.6) is 0 Å². The zero-order chi connectivity index (χ0) is 23.3. The van der Waals surface area contributed by atoms with Crippen molar-refractivity contribution in [3.8, 4) is 0 Å². The Kier molecular flexibility index (Phi) is 8.34. The number of nitrogens with one attached hydrogen (secondary N) is 1. The second kappa shape index (κ2) is 10.4. The maximum Gasteiger partial charge on any atom is 0.429 e. The predicted molar refractivity (Wildman–Crippen MR) is 126 cm³/mol. The second-order valence-electron chi connectivity index (χ2n) is 9.82. The lowest BCUT2D eigenvalue weighted by Crippen LogP contribution is -2.51. The predicted octanol–water partition coefficient (Wildman–Crippen LogP) is 5.71. The van der Waals surface area contributed by atoms with Crippen LogP contribution in [0, 0.1) is 5.92 Å². The number of aryl methyl sites for hydroxylation is 1. The van der Waals surface area contributed by atoms with Gasteiger partial charge in [0.25, 0.3) is 0 Å². The van der Waals surface area contributed by atoms with Gasteiger partial charge < -0.3 is 9.47 Å². The summed E-state index contributed by atoms with van der Waals surface area (Å²) in [6.07, 6.45) is 0.182. The molecular weight excluding hydrogens is 408 g/mol. The van der Waals surface area contributed by atoms with E-state index in [2.05, 4.69) is 56.3 Å². The zero-order valence-corrected chi connectivity index (χ0v) is 21.2. The van der Waals surface area contributed by atoms with Crippen LogP contribution in [-0.2, 0) is 15.9 Å². The highest BCUT2D eigenvalue weighted by Gasteiger charge is 2.51. The van der Waals surface area contributed by atoms with Gasteiger partial charge in [0, 0.05) is 0 Å². The van der Waals surface area contributed by atoms with Gasteiger partial charge in [-0.15, -0.1) is 0 Å². The highest BCUT2D eigenvalue weighted by molar-refractivity contribution is 6.84. The molecule has 2 rings (SSSR count). The zero-order valence-electron chi connectivity index (χ0n) is 20.2. The Morgan fingerprint density at radius 1 is 1.00 bits per heavy atom. The number of carbonyl (C=O) groups is 2. The van der Waals surface area contributed by atoms with Crippen LogP contribution >= 0.6 is 0 Å². The molecule has 6 nitrogen and oxygen atoms in total. The minimum absolute atomic E-state index is 0.233. The third kappa shape index (κ3) is 7.13. The second-order valence-corrected chi connectivity index (χ2v) is 14.9. The molecule has 1 aliphatic carbocycles. The Morgan fingerprint density at radius 3 is 2.10 bits per heavy atom. The Labute approximate surface area is 188 Å². The summed E-state index contributed by atoms with van der Waals surface area (Å²) in [7, 11) is -1.71. The molecule has 0 heterocycles. The quantitative estimate of drug-likeness (QED) is 0.410. The minimum atomic E-state index is -1.71. The molecule has 1 aliphatic rings. The van der Waals surface area contributed by atoms with Gasteiger partial charge in [-0.1, -0.05) is 62.1 Å². The van der Waals surface area contributed by atoms with E-state index in [0.29, 0.717) is 5.92 Å². The van der Waals surface area contributed by atoms with Gasteiger partial charge >= 0.3 is 12.2 Å². The summed E-state index contributed by atoms with van der Waals surface area (Å²) in [4.78, 5) is 25.2. The number of hydrazine groups is 1. The van der Waals surface area contributed by atoms with E-state index in [4.69, 9.17) is 9.47 Å². The monoisotopic (exact) mass is 446 g/mol. The molecule has 2 unspecified atom stereocenters. The lowest BCUT2D eigenvalue weighted by Gasteiger charge is -2.27. The van der Waals surface area contributed by atoms with Crippen molar-refractivity contribution in [3.05, 3.63) is 46.7 Å². The van der Waals surface area contributed by atoms with Gasteiger partial charge in [-0.25, -0.2) is 20.0 Å². The van der Waals surface area contributed by atoms with Crippen LogP contribution in [0.25, 0.3) is 0 Å². The maximum absolute atomic E-state index is 12.9. The van der Waals surface area contributed by atoms with Crippen molar-refractivity contribution in [1.29, 1.82) is 0 Å². The molecule has 0 aliphatic heterocycles. The lowest BCUT2D eigenvalue weighted by molar-refractivity contribution is 0.0453. The summed E-state index contributed by atoms with van der Waals surface area (Å²) in [6.45, 7) is 16.2. The van der Waals surface area contributed by atoms with E-state index in [0.717, 1.165) is 12.8 Å². The standard InChI is InChI=1S/C24H38N2O4Si/c1-16(2)29-23(27)25-26(24(28)30-17(3)4)21-20(22(21)31(6,7)8)18(5)14-15-19-12-10-9-11-13-19/h9-13,16-18,21H,14-15H2,1-8H3,(H,25,27). The van der Waals surface area contributed by atoms with Gasteiger partial charge in [-0.2, -0.15) is 0 Å². The number of carbonyl (C=O) groups excluding carboxylic acids is 2. The summed E-state index contributed by atoms with van der Waals surface area (Å²) < 4.78 is 10.7. The van der Waals surface area contributed by atoms with Gasteiger partial charge in [0.05, 0.1) is 26.3 Å². The smallest absolute Gasteiger partial charge is 0.429 e. The molecule has 2 atom stereocenters. The van der Waals surface area contributed by atoms with Crippen molar-refractivity contribution in [2.45, 2.75) is 85.4 Å². The van der Waals surface area contributed by atoms with E-state index < -0.39 is 20.3 Å². The van der Waals surface area contributed by atoms with Crippen LogP contribution in [0.4, 0.5) is 9.59 Å². The summed E-state index contributed by atoms with van der Waals surface area (Å²) >= 11 is 0. The molecule has 31 heavy (non-hydrogen) atoms. The van der Waals surface area contributed by atoms with Crippen molar-refractivity contribution >= 4 is 20.3 Å². The van der Waals surface area contributed by atoms with E-state index in [-0.39, 0.29) is 18.2 Å². The van der Waals surface area contributed by atoms with Gasteiger partial charge in [0.15, 0.2) is 0 Å². The molecule has 0 radical (unpaired) electrons. The van der Waals surface area contributed by atoms with E-state index in [9.17, 15) is 9.59 Å². The summed E-state index contributed by atoms with van der Waals surface area (Å²) in [5, 5.41) is 2.64. The third-order valence-electron chi connectivity index (χ3n) is 5.19. The topological polar surface area (TPSA) is 67.9 Å². The van der Waals surface area contributed by atoms with Crippen LogP contribution in [0.1, 0.15) is 46.6 Å². The molecule has 172 valence electrons. The number of amides is 2. The van der Waals surface area contributed by atoms with Gasteiger partial charge in [0.2, 0.25) is 0 Å². The number of benzene rings is 1. The number of hydrogen-bond donors (Lipinski definition) is 1. The van der Waals surface area contributed by atoms with Crippen molar-refractivity contribution in [2.24, 2.45) is 5.92 Å². The molecule has 0 saturated carbocycles. The Balaban J connectivity index is 2.22. The molecule has 0 saturated heterocycles. The molecule has 1 N–H and O–H groups in total. The first-order chi connectivity index (χ1) is 14.4. The van der Waals surface area contributed by atoms with Crippen LogP contribution in [0.15, 0.2) is 41.1 Å². The van der Waals surface area contributed by atoms with E-state index in [1.165, 1.54) is 21.3 Å². The van der Waals surface area contributed by atoms with Crippen LogP contribution in [-0.4, -0.2) is 43.5 Å². The summed E-state index contributed by atoms with van der Waals surface area (Å²) in [5.41, 5.74) is 5.21. The van der Waals surface area contributed by atoms with Crippen LogP contribution < -0.4 is 5.43 Å². The molecule has 0 aromatic heterocycles. The Morgan fingerprint density at radius 2 is 1.58 bits per heavy atom. The number of nitrogens with zero attached hydrogens (tertiary/aromatic N) is 1. The molecular formula is C24H38N2O4Si. The van der Waals surface area contributed by atoms with E-state index in [1.54, 1.807) is 27.7 Å². The van der Waals surface area contributed by atoms with E-state index >= 15 is 0 Å². The summed E-state index contributed by atoms with van der Waals surface area (Å²) in [6, 6.07) is 10.2. The van der Waals surface area contributed by atoms with Gasteiger partial charge in [-0.3, -0.25) is 0 Å². The number of rotatable bonds is 8. The van der Waals surface area contributed by atoms with Crippen LogP contribution in [0.3, 0.4) is 0 Å². The molecule has 0 spiro atoms. The third-order valence-corrected chi connectivity index (χ3v) is 7.37. The normalized spacial score (nSPS) is 16.9. The first-order valence-corrected chi connectivity index (χ1v) is 14.7. The SMILES string of the molecule is CC(C)OC(=O)NN(C(=O)OC(C)C)C1C(C(C)CCc2ccccc2)=C1[Si](C)(C)C. The van der Waals surface area contributed by atoms with E-state index in [1.807, 2.05) is 6.07 Å². The fourth-order valence-corrected chi connectivity index (χ4v) is 6.15. The van der Waals surface area contributed by atoms with Gasteiger partial charge in [0.1, 0.15) is 0 Å². The number of ether oxygens (including phenoxy) is 2. The Bertz CT molecular complexity index is 800. The fourth-order valence-electron chi connectivity index (χ4n) is 3.87. The molecule has 7 heteroatoms. The molecule has 2 amide bonds. The van der Waals surface area contributed by atoms with Crippen molar-refractivity contribution < 1.29 is 19.1 Å². The maximum atomic E-state index is 12.9. The van der Waals surface area contributed by atoms with Gasteiger partial charge in [-0.05, 0) is 57.6 Å². The highest BCUT2D eigenvalue weighted by atomic mass is 28.3. The van der Waals surface area contributed by atoms with Crippen LogP contribution in [0.2, 0.25) is 19.6 Å². The molecule has 1 aromatic rings. The molecule has 0 fully saturated rings. The van der Waals surface area contributed by atoms with Crippen molar-refractivity contribution in [2.75, 3.05) is 0 Å². The average molecular weight is 447 g/mol. The van der Waals surface area contributed by atoms with Crippen molar-refractivity contribution in [1.82, 2.24) is 10.4 Å². The fraction of sp³-hybridized carbons (Fsp3) is 0.583. The molecule has 0 bridgehead atoms. The molecule has 1 aromatic carbocycles.